The molecule has 0 amide bonds. The fourth-order valence-corrected chi connectivity index (χ4v) is 2.47. The highest BCUT2D eigenvalue weighted by molar-refractivity contribution is 7.89. The van der Waals surface area contributed by atoms with Gasteiger partial charge in [0, 0.05) is 19.6 Å². The van der Waals surface area contributed by atoms with Crippen LogP contribution >= 0.6 is 0 Å². The summed E-state index contributed by atoms with van der Waals surface area (Å²) in [5.74, 6) is 0. The van der Waals surface area contributed by atoms with E-state index in [4.69, 9.17) is 5.73 Å². The summed E-state index contributed by atoms with van der Waals surface area (Å²) in [6.45, 7) is 4.12. The fourth-order valence-electron chi connectivity index (χ4n) is 1.29. The van der Waals surface area contributed by atoms with Crippen molar-refractivity contribution in [1.29, 1.82) is 0 Å². The first-order chi connectivity index (χ1) is 7.39. The molecule has 0 aliphatic carbocycles. The summed E-state index contributed by atoms with van der Waals surface area (Å²) in [7, 11) is -1.77. The minimum Gasteiger partial charge on any atom is -0.324 e. The van der Waals surface area contributed by atoms with Gasteiger partial charge in [0.05, 0.1) is 4.90 Å². The molecule has 0 aliphatic rings. The van der Waals surface area contributed by atoms with Crippen LogP contribution in [-0.4, -0.2) is 26.3 Å². The first kappa shape index (κ1) is 13.2. The zero-order valence-corrected chi connectivity index (χ0v) is 10.7. The maximum atomic E-state index is 11.9. The lowest BCUT2D eigenvalue weighted by Gasteiger charge is -2.15. The van der Waals surface area contributed by atoms with E-state index in [9.17, 15) is 8.42 Å². The minimum atomic E-state index is -3.34. The van der Waals surface area contributed by atoms with Crippen molar-refractivity contribution in [2.45, 2.75) is 24.8 Å². The van der Waals surface area contributed by atoms with Crippen LogP contribution in [0.25, 0.3) is 0 Å². The summed E-state index contributed by atoms with van der Waals surface area (Å²) >= 11 is 0. The molecule has 0 bridgehead atoms. The van der Waals surface area contributed by atoms with Crippen LogP contribution in [0, 0.1) is 0 Å². The highest BCUT2D eigenvalue weighted by Crippen LogP contribution is 2.17. The van der Waals surface area contributed by atoms with Crippen LogP contribution in [0.1, 0.15) is 25.5 Å². The fraction of sp³-hybridized carbons (Fsp3) is 0.455. The monoisotopic (exact) mass is 242 g/mol. The molecule has 1 unspecified atom stereocenters. The van der Waals surface area contributed by atoms with E-state index in [0.29, 0.717) is 11.4 Å². The average molecular weight is 242 g/mol. The molecule has 1 rings (SSSR count). The number of benzene rings is 1. The number of rotatable bonds is 4. The van der Waals surface area contributed by atoms with Crippen molar-refractivity contribution >= 4 is 10.0 Å². The SMILES string of the molecule is CCN(C)S(=O)(=O)c1ccc(C(C)N)cc1. The average Bonchev–Trinajstić information content (AvgIpc) is 2.28. The Labute approximate surface area is 97.1 Å². The molecule has 4 nitrogen and oxygen atoms in total. The van der Waals surface area contributed by atoms with Gasteiger partial charge in [0.1, 0.15) is 0 Å². The normalized spacial score (nSPS) is 14.1. The van der Waals surface area contributed by atoms with Crippen LogP contribution in [0.3, 0.4) is 0 Å². The van der Waals surface area contributed by atoms with E-state index >= 15 is 0 Å². The summed E-state index contributed by atoms with van der Waals surface area (Å²) < 4.78 is 25.2. The predicted molar refractivity (Wildman–Crippen MR) is 64.5 cm³/mol. The molecule has 5 heteroatoms. The van der Waals surface area contributed by atoms with Gasteiger partial charge in [-0.25, -0.2) is 12.7 Å². The highest BCUT2D eigenvalue weighted by Gasteiger charge is 2.18. The molecule has 0 aliphatic heterocycles. The zero-order chi connectivity index (χ0) is 12.3. The van der Waals surface area contributed by atoms with Gasteiger partial charge >= 0.3 is 0 Å². The Bertz CT molecular complexity index is 438. The second-order valence-corrected chi connectivity index (χ2v) is 5.82. The number of sulfonamides is 1. The van der Waals surface area contributed by atoms with Gasteiger partial charge in [0.25, 0.3) is 0 Å². The predicted octanol–water partition coefficient (Wildman–Crippen LogP) is 1.35. The molecule has 1 atom stereocenters. The van der Waals surface area contributed by atoms with Gasteiger partial charge in [0.15, 0.2) is 0 Å². The third-order valence-electron chi connectivity index (χ3n) is 2.56. The third kappa shape index (κ3) is 2.61. The lowest BCUT2D eigenvalue weighted by Crippen LogP contribution is -2.26. The van der Waals surface area contributed by atoms with Crippen molar-refractivity contribution in [1.82, 2.24) is 4.31 Å². The van der Waals surface area contributed by atoms with Crippen molar-refractivity contribution in [3.8, 4) is 0 Å². The Balaban J connectivity index is 3.07. The Morgan fingerprint density at radius 2 is 1.81 bits per heavy atom. The van der Waals surface area contributed by atoms with Crippen LogP contribution in [-0.2, 0) is 10.0 Å². The van der Waals surface area contributed by atoms with Crippen LogP contribution in [0.5, 0.6) is 0 Å². The molecule has 90 valence electrons. The largest absolute Gasteiger partial charge is 0.324 e. The second kappa shape index (κ2) is 4.95. The van der Waals surface area contributed by atoms with E-state index in [1.54, 1.807) is 38.2 Å². The molecule has 0 spiro atoms. The second-order valence-electron chi connectivity index (χ2n) is 3.78. The zero-order valence-electron chi connectivity index (χ0n) is 9.84. The molecule has 16 heavy (non-hydrogen) atoms. The lowest BCUT2D eigenvalue weighted by atomic mass is 10.1. The molecular weight excluding hydrogens is 224 g/mol. The van der Waals surface area contributed by atoms with Gasteiger partial charge in [-0.3, -0.25) is 0 Å². The molecule has 0 radical (unpaired) electrons. The van der Waals surface area contributed by atoms with Gasteiger partial charge in [-0.05, 0) is 24.6 Å². The molecule has 1 aromatic rings. The van der Waals surface area contributed by atoms with Gasteiger partial charge in [-0.1, -0.05) is 19.1 Å². The topological polar surface area (TPSA) is 63.4 Å². The van der Waals surface area contributed by atoms with Crippen LogP contribution in [0.15, 0.2) is 29.2 Å². The molecule has 0 saturated heterocycles. The van der Waals surface area contributed by atoms with Crippen molar-refractivity contribution in [2.24, 2.45) is 5.73 Å². The molecule has 2 N–H and O–H groups in total. The third-order valence-corrected chi connectivity index (χ3v) is 4.51. The smallest absolute Gasteiger partial charge is 0.242 e. The van der Waals surface area contributed by atoms with E-state index in [0.717, 1.165) is 5.56 Å². The highest BCUT2D eigenvalue weighted by atomic mass is 32.2. The van der Waals surface area contributed by atoms with E-state index in [2.05, 4.69) is 0 Å². The van der Waals surface area contributed by atoms with Crippen molar-refractivity contribution < 1.29 is 8.42 Å². The molecule has 0 fully saturated rings. The maximum Gasteiger partial charge on any atom is 0.242 e. The first-order valence-corrected chi connectivity index (χ1v) is 6.65. The molecule has 0 heterocycles. The Hall–Kier alpha value is -0.910. The summed E-state index contributed by atoms with van der Waals surface area (Å²) in [6, 6.07) is 6.61. The van der Waals surface area contributed by atoms with Gasteiger partial charge in [0.2, 0.25) is 10.0 Å². The number of nitrogens with zero attached hydrogens (tertiary/aromatic N) is 1. The number of hydrogen-bond donors (Lipinski definition) is 1. The quantitative estimate of drug-likeness (QED) is 0.866. The van der Waals surface area contributed by atoms with E-state index in [1.165, 1.54) is 4.31 Å². The number of nitrogens with two attached hydrogens (primary N) is 1. The number of hydrogen-bond acceptors (Lipinski definition) is 3. The Morgan fingerprint density at radius 3 is 2.19 bits per heavy atom. The van der Waals surface area contributed by atoms with Crippen LogP contribution in [0.4, 0.5) is 0 Å². The Morgan fingerprint density at radius 1 is 1.31 bits per heavy atom. The maximum absolute atomic E-state index is 11.9. The molecule has 1 aromatic carbocycles. The summed E-state index contributed by atoms with van der Waals surface area (Å²) in [4.78, 5) is 0.307. The van der Waals surface area contributed by atoms with Crippen LogP contribution < -0.4 is 5.73 Å². The first-order valence-electron chi connectivity index (χ1n) is 5.21. The van der Waals surface area contributed by atoms with Crippen molar-refractivity contribution in [2.75, 3.05) is 13.6 Å². The lowest BCUT2D eigenvalue weighted by molar-refractivity contribution is 0.486. The van der Waals surface area contributed by atoms with E-state index in [1.807, 2.05) is 6.92 Å². The summed E-state index contributed by atoms with van der Waals surface area (Å²) in [5, 5.41) is 0. The molecular formula is C11H18N2O2S. The van der Waals surface area contributed by atoms with Crippen LogP contribution in [0.2, 0.25) is 0 Å². The van der Waals surface area contributed by atoms with Crippen molar-refractivity contribution in [3.05, 3.63) is 29.8 Å². The van der Waals surface area contributed by atoms with Gasteiger partial charge in [-0.2, -0.15) is 0 Å². The van der Waals surface area contributed by atoms with Gasteiger partial charge < -0.3 is 5.73 Å². The standard InChI is InChI=1S/C11H18N2O2S/c1-4-13(3)16(14,15)11-7-5-10(6-8-11)9(2)12/h5-9H,4,12H2,1-3H3. The molecule has 0 saturated carbocycles. The van der Waals surface area contributed by atoms with Crippen molar-refractivity contribution in [3.63, 3.8) is 0 Å². The van der Waals surface area contributed by atoms with E-state index < -0.39 is 10.0 Å². The molecule has 0 aromatic heterocycles. The Kier molecular flexibility index (Phi) is 4.07. The summed E-state index contributed by atoms with van der Waals surface area (Å²) in [6.07, 6.45) is 0. The van der Waals surface area contributed by atoms with E-state index in [-0.39, 0.29) is 6.04 Å². The minimum absolute atomic E-state index is 0.0827. The summed E-state index contributed by atoms with van der Waals surface area (Å²) in [5.41, 5.74) is 6.63. The van der Waals surface area contributed by atoms with Gasteiger partial charge in [-0.15, -0.1) is 0 Å².